The molecule has 0 heterocycles. The van der Waals surface area contributed by atoms with Crippen LogP contribution < -0.4 is 0 Å². The summed E-state index contributed by atoms with van der Waals surface area (Å²) in [6.45, 7) is 10.6. The van der Waals surface area contributed by atoms with Crippen LogP contribution >= 0.6 is 0 Å². The summed E-state index contributed by atoms with van der Waals surface area (Å²) in [4.78, 5) is 9.60. The Morgan fingerprint density at radius 2 is 1.48 bits per heavy atom. The number of rotatable bonds is 3. The predicted octanol–water partition coefficient (Wildman–Crippen LogP) is 4.65. The van der Waals surface area contributed by atoms with E-state index in [2.05, 4.69) is 66.4 Å². The van der Waals surface area contributed by atoms with Gasteiger partial charge in [0.25, 0.3) is 0 Å². The zero-order chi connectivity index (χ0) is 16.1. The first-order valence-electron chi connectivity index (χ1n) is 6.58. The van der Waals surface area contributed by atoms with Crippen LogP contribution in [0.5, 0.6) is 0 Å². The molecule has 0 fully saturated rings. The first kappa shape index (κ1) is 18.4. The summed E-state index contributed by atoms with van der Waals surface area (Å²) in [6.07, 6.45) is 1.43. The topological polar surface area (TPSA) is 46.5 Å². The number of fused-ring (bicyclic) bond motifs is 1. The van der Waals surface area contributed by atoms with Gasteiger partial charge in [-0.05, 0) is 24.6 Å². The fourth-order valence-corrected chi connectivity index (χ4v) is 1.25. The van der Waals surface area contributed by atoms with Crippen molar-refractivity contribution in [2.45, 2.75) is 13.8 Å². The van der Waals surface area contributed by atoms with Crippen LogP contribution in [-0.4, -0.2) is 17.7 Å². The standard InChI is InChI=1S/C10H8.C4H6O2.C4H8O/c1-2-6-10-8-4-3-7-9(10)5-1;1-3(2)4(5)6;1-3-5-4-2/h1-8H;1H2,2H3,(H,5,6);3H,1,4H2,2H3. The molecular formula is C18H22O3. The molecule has 3 nitrogen and oxygen atoms in total. The first-order chi connectivity index (χ1) is 10.0. The Morgan fingerprint density at radius 3 is 1.62 bits per heavy atom. The van der Waals surface area contributed by atoms with E-state index in [9.17, 15) is 4.79 Å². The summed E-state index contributed by atoms with van der Waals surface area (Å²) >= 11 is 0. The minimum absolute atomic E-state index is 0.176. The van der Waals surface area contributed by atoms with Crippen molar-refractivity contribution in [2.24, 2.45) is 0 Å². The average Bonchev–Trinajstić information content (AvgIpc) is 2.49. The van der Waals surface area contributed by atoms with Gasteiger partial charge >= 0.3 is 5.97 Å². The number of carboxylic acid groups (broad SMARTS) is 1. The van der Waals surface area contributed by atoms with Gasteiger partial charge in [0.05, 0.1) is 12.9 Å². The molecule has 0 aliphatic heterocycles. The first-order valence-corrected chi connectivity index (χ1v) is 6.58. The van der Waals surface area contributed by atoms with Gasteiger partial charge in [-0.15, -0.1) is 0 Å². The van der Waals surface area contributed by atoms with Gasteiger partial charge in [0.1, 0.15) is 0 Å². The lowest BCUT2D eigenvalue weighted by Gasteiger charge is -1.92. The second kappa shape index (κ2) is 11.3. The van der Waals surface area contributed by atoms with Crippen molar-refractivity contribution in [3.05, 3.63) is 73.5 Å². The van der Waals surface area contributed by atoms with Crippen molar-refractivity contribution >= 4 is 16.7 Å². The molecule has 0 saturated carbocycles. The molecule has 0 amide bonds. The van der Waals surface area contributed by atoms with E-state index in [1.54, 1.807) is 0 Å². The van der Waals surface area contributed by atoms with E-state index in [1.165, 1.54) is 24.0 Å². The number of carbonyl (C=O) groups is 1. The molecule has 0 aliphatic rings. The van der Waals surface area contributed by atoms with Gasteiger partial charge in [0, 0.05) is 5.57 Å². The van der Waals surface area contributed by atoms with Crippen molar-refractivity contribution in [3.8, 4) is 0 Å². The highest BCUT2D eigenvalue weighted by Gasteiger charge is 1.90. The van der Waals surface area contributed by atoms with Gasteiger partial charge in [0.15, 0.2) is 0 Å². The fourth-order valence-electron chi connectivity index (χ4n) is 1.25. The summed E-state index contributed by atoms with van der Waals surface area (Å²) in [5.74, 6) is -0.935. The van der Waals surface area contributed by atoms with Crippen molar-refractivity contribution in [2.75, 3.05) is 6.61 Å². The minimum atomic E-state index is -0.935. The van der Waals surface area contributed by atoms with Crippen molar-refractivity contribution < 1.29 is 14.6 Å². The average molecular weight is 286 g/mol. The Kier molecular flexibility index (Phi) is 9.92. The van der Waals surface area contributed by atoms with E-state index in [0.29, 0.717) is 0 Å². The third kappa shape index (κ3) is 9.05. The Balaban J connectivity index is 0.000000317. The SMILES string of the molecule is C=C(C)C(=O)O.C=COCC.c1ccc2ccccc2c1. The molecule has 0 atom stereocenters. The predicted molar refractivity (Wildman–Crippen MR) is 88.2 cm³/mol. The maximum absolute atomic E-state index is 9.60. The van der Waals surface area contributed by atoms with Crippen LogP contribution in [0.15, 0.2) is 73.5 Å². The van der Waals surface area contributed by atoms with Crippen molar-refractivity contribution in [3.63, 3.8) is 0 Å². The lowest BCUT2D eigenvalue weighted by molar-refractivity contribution is -0.132. The molecule has 2 aromatic rings. The Labute approximate surface area is 126 Å². The van der Waals surface area contributed by atoms with E-state index in [1.807, 2.05) is 6.92 Å². The zero-order valence-corrected chi connectivity index (χ0v) is 12.6. The molecule has 112 valence electrons. The highest BCUT2D eigenvalue weighted by atomic mass is 16.5. The van der Waals surface area contributed by atoms with Crippen molar-refractivity contribution in [1.82, 2.24) is 0 Å². The largest absolute Gasteiger partial charge is 0.502 e. The van der Waals surface area contributed by atoms with Gasteiger partial charge < -0.3 is 9.84 Å². The Bertz CT molecular complexity index is 496. The molecule has 0 bridgehead atoms. The molecule has 0 unspecified atom stereocenters. The molecule has 0 aromatic heterocycles. The molecule has 2 aromatic carbocycles. The normalized spacial score (nSPS) is 8.48. The van der Waals surface area contributed by atoms with Crippen LogP contribution in [0.4, 0.5) is 0 Å². The molecule has 2 rings (SSSR count). The molecule has 21 heavy (non-hydrogen) atoms. The molecule has 0 radical (unpaired) electrons. The monoisotopic (exact) mass is 286 g/mol. The van der Waals surface area contributed by atoms with Gasteiger partial charge in [-0.25, -0.2) is 4.79 Å². The maximum Gasteiger partial charge on any atom is 0.330 e. The van der Waals surface area contributed by atoms with Crippen molar-refractivity contribution in [1.29, 1.82) is 0 Å². The quantitative estimate of drug-likeness (QED) is 0.659. The van der Waals surface area contributed by atoms with Crippen LogP contribution in [-0.2, 0) is 9.53 Å². The van der Waals surface area contributed by atoms with Crippen LogP contribution in [0.3, 0.4) is 0 Å². The number of benzene rings is 2. The molecular weight excluding hydrogens is 264 g/mol. The van der Waals surface area contributed by atoms with E-state index < -0.39 is 5.97 Å². The highest BCUT2D eigenvalue weighted by Crippen LogP contribution is 2.11. The van der Waals surface area contributed by atoms with Crippen LogP contribution in [0, 0.1) is 0 Å². The highest BCUT2D eigenvalue weighted by molar-refractivity contribution is 5.84. The molecule has 1 N–H and O–H groups in total. The second-order valence-corrected chi connectivity index (χ2v) is 4.05. The number of hydrogen-bond acceptors (Lipinski definition) is 2. The van der Waals surface area contributed by atoms with Crippen LogP contribution in [0.25, 0.3) is 10.8 Å². The lowest BCUT2D eigenvalue weighted by Crippen LogP contribution is -1.92. The molecule has 3 heteroatoms. The third-order valence-electron chi connectivity index (χ3n) is 2.31. The fraction of sp³-hybridized carbons (Fsp3) is 0.167. The number of hydrogen-bond donors (Lipinski definition) is 1. The maximum atomic E-state index is 9.60. The zero-order valence-electron chi connectivity index (χ0n) is 12.6. The number of carboxylic acids is 1. The van der Waals surface area contributed by atoms with Gasteiger partial charge in [-0.3, -0.25) is 0 Å². The Hall–Kier alpha value is -2.55. The van der Waals surface area contributed by atoms with E-state index in [-0.39, 0.29) is 5.57 Å². The molecule has 0 saturated heterocycles. The lowest BCUT2D eigenvalue weighted by atomic mass is 10.1. The van der Waals surface area contributed by atoms with Gasteiger partial charge in [-0.1, -0.05) is 61.7 Å². The molecule has 0 spiro atoms. The van der Waals surface area contributed by atoms with Crippen LogP contribution in [0.2, 0.25) is 0 Å². The van der Waals surface area contributed by atoms with E-state index >= 15 is 0 Å². The minimum Gasteiger partial charge on any atom is -0.502 e. The molecule has 0 aliphatic carbocycles. The van der Waals surface area contributed by atoms with Gasteiger partial charge in [-0.2, -0.15) is 0 Å². The number of aliphatic carboxylic acids is 1. The van der Waals surface area contributed by atoms with Gasteiger partial charge in [0.2, 0.25) is 0 Å². The Morgan fingerprint density at radius 1 is 1.14 bits per heavy atom. The summed E-state index contributed by atoms with van der Waals surface area (Å²) in [6, 6.07) is 16.7. The summed E-state index contributed by atoms with van der Waals surface area (Å²) in [5.41, 5.74) is 0.176. The summed E-state index contributed by atoms with van der Waals surface area (Å²) < 4.78 is 4.60. The van der Waals surface area contributed by atoms with E-state index in [0.717, 1.165) is 6.61 Å². The smallest absolute Gasteiger partial charge is 0.330 e. The van der Waals surface area contributed by atoms with Crippen LogP contribution in [0.1, 0.15) is 13.8 Å². The third-order valence-corrected chi connectivity index (χ3v) is 2.31. The number of ether oxygens (including phenoxy) is 1. The summed E-state index contributed by atoms with van der Waals surface area (Å²) in [7, 11) is 0. The van der Waals surface area contributed by atoms with E-state index in [4.69, 9.17) is 5.11 Å². The second-order valence-electron chi connectivity index (χ2n) is 4.05. The summed E-state index contributed by atoms with van der Waals surface area (Å²) in [5, 5.41) is 10.5.